The number of allylic oxidation sites excluding steroid dienone is 6. The van der Waals surface area contributed by atoms with E-state index >= 15 is 0 Å². The Morgan fingerprint density at radius 1 is 1.00 bits per heavy atom. The molecule has 102 valence electrons. The zero-order valence-electron chi connectivity index (χ0n) is 11.9. The van der Waals surface area contributed by atoms with Crippen molar-refractivity contribution in [1.82, 2.24) is 0 Å². The quantitative estimate of drug-likeness (QED) is 0.556. The van der Waals surface area contributed by atoms with E-state index in [4.69, 9.17) is 10.5 Å². The van der Waals surface area contributed by atoms with Crippen LogP contribution in [-0.4, -0.2) is 0 Å². The molecular weight excluding hydrogens is 256 g/mol. The van der Waals surface area contributed by atoms with Crippen molar-refractivity contribution in [1.29, 1.82) is 10.5 Å². The van der Waals surface area contributed by atoms with Crippen molar-refractivity contribution in [3.63, 3.8) is 0 Å². The van der Waals surface area contributed by atoms with Crippen molar-refractivity contribution in [3.8, 4) is 12.1 Å². The summed E-state index contributed by atoms with van der Waals surface area (Å²) >= 11 is 0. The van der Waals surface area contributed by atoms with Gasteiger partial charge in [0.15, 0.2) is 0 Å². The molecule has 0 atom stereocenters. The molecule has 0 saturated heterocycles. The van der Waals surface area contributed by atoms with Gasteiger partial charge in [-0.25, -0.2) is 0 Å². The SMILES string of the molecule is C=C(C#N)/C=C\C(=C)C(=C)CC(=C)c1ccc(C#N)cc1. The van der Waals surface area contributed by atoms with Crippen LogP contribution < -0.4 is 0 Å². The first-order valence-corrected chi connectivity index (χ1v) is 6.30. The minimum absolute atomic E-state index is 0.370. The summed E-state index contributed by atoms with van der Waals surface area (Å²) in [6.07, 6.45) is 3.91. The lowest BCUT2D eigenvalue weighted by Gasteiger charge is -2.09. The van der Waals surface area contributed by atoms with Gasteiger partial charge in [-0.2, -0.15) is 10.5 Å². The molecule has 21 heavy (non-hydrogen) atoms. The Hall–Kier alpha value is -3.10. The molecule has 0 aliphatic carbocycles. The zero-order chi connectivity index (χ0) is 15.8. The van der Waals surface area contributed by atoms with Gasteiger partial charge >= 0.3 is 0 Å². The van der Waals surface area contributed by atoms with Crippen LogP contribution in [-0.2, 0) is 0 Å². The topological polar surface area (TPSA) is 47.6 Å². The van der Waals surface area contributed by atoms with E-state index in [-0.39, 0.29) is 0 Å². The summed E-state index contributed by atoms with van der Waals surface area (Å²) in [5.41, 5.74) is 4.42. The molecule has 0 heterocycles. The molecule has 1 rings (SSSR count). The van der Waals surface area contributed by atoms with E-state index in [1.54, 1.807) is 24.3 Å². The maximum absolute atomic E-state index is 8.77. The van der Waals surface area contributed by atoms with E-state index in [0.717, 1.165) is 22.3 Å². The molecule has 0 N–H and O–H groups in total. The summed E-state index contributed by atoms with van der Waals surface area (Å²) < 4.78 is 0. The summed E-state index contributed by atoms with van der Waals surface area (Å²) in [5.74, 6) is 0. The molecule has 0 saturated carbocycles. The van der Waals surface area contributed by atoms with Gasteiger partial charge in [-0.15, -0.1) is 0 Å². The highest BCUT2D eigenvalue weighted by atomic mass is 14.2. The second-order valence-corrected chi connectivity index (χ2v) is 4.57. The van der Waals surface area contributed by atoms with Crippen LogP contribution in [0.4, 0.5) is 0 Å². The third-order valence-electron chi connectivity index (χ3n) is 2.93. The Balaban J connectivity index is 2.70. The van der Waals surface area contributed by atoms with E-state index < -0.39 is 0 Å². The monoisotopic (exact) mass is 272 g/mol. The molecule has 0 fully saturated rings. The second kappa shape index (κ2) is 7.48. The molecule has 0 aromatic heterocycles. The Morgan fingerprint density at radius 3 is 2.14 bits per heavy atom. The Morgan fingerprint density at radius 2 is 1.62 bits per heavy atom. The van der Waals surface area contributed by atoms with Crippen molar-refractivity contribution < 1.29 is 0 Å². The number of hydrogen-bond acceptors (Lipinski definition) is 2. The summed E-state index contributed by atoms with van der Waals surface area (Å²) in [6, 6.07) is 11.3. The largest absolute Gasteiger partial charge is 0.192 e. The molecule has 0 aliphatic heterocycles. The first-order valence-electron chi connectivity index (χ1n) is 6.30. The van der Waals surface area contributed by atoms with Crippen molar-refractivity contribution in [2.75, 3.05) is 0 Å². The lowest BCUT2D eigenvalue weighted by molar-refractivity contribution is 1.28. The Bertz CT molecular complexity index is 701. The maximum Gasteiger partial charge on any atom is 0.0991 e. The van der Waals surface area contributed by atoms with E-state index in [1.807, 2.05) is 18.2 Å². The molecule has 0 unspecified atom stereocenters. The molecule has 1 aromatic rings. The maximum atomic E-state index is 8.77. The summed E-state index contributed by atoms with van der Waals surface area (Å²) in [6.45, 7) is 15.5. The highest BCUT2D eigenvalue weighted by Crippen LogP contribution is 2.24. The number of nitrogens with zero attached hydrogens (tertiary/aromatic N) is 2. The van der Waals surface area contributed by atoms with E-state index in [9.17, 15) is 0 Å². The van der Waals surface area contributed by atoms with Gasteiger partial charge in [0.05, 0.1) is 17.7 Å². The Kier molecular flexibility index (Phi) is 5.68. The fourth-order valence-corrected chi connectivity index (χ4v) is 1.61. The van der Waals surface area contributed by atoms with E-state index in [1.165, 1.54) is 0 Å². The number of hydrogen-bond donors (Lipinski definition) is 0. The fraction of sp³-hybridized carbons (Fsp3) is 0.0526. The van der Waals surface area contributed by atoms with Gasteiger partial charge in [0, 0.05) is 5.57 Å². The number of nitriles is 2. The minimum Gasteiger partial charge on any atom is -0.192 e. The molecule has 0 amide bonds. The van der Waals surface area contributed by atoms with Gasteiger partial charge < -0.3 is 0 Å². The second-order valence-electron chi connectivity index (χ2n) is 4.57. The number of benzene rings is 1. The average Bonchev–Trinajstić information content (AvgIpc) is 2.51. The van der Waals surface area contributed by atoms with Crippen LogP contribution >= 0.6 is 0 Å². The van der Waals surface area contributed by atoms with Gasteiger partial charge in [0.2, 0.25) is 0 Å². The smallest absolute Gasteiger partial charge is 0.0991 e. The van der Waals surface area contributed by atoms with Gasteiger partial charge in [-0.1, -0.05) is 44.5 Å². The lowest BCUT2D eigenvalue weighted by atomic mass is 9.96. The molecule has 1 aromatic carbocycles. The standard InChI is InChI=1S/C19H16N2/c1-14(12-20)5-6-15(2)16(3)11-17(4)19-9-7-18(13-21)8-10-19/h5-10H,1-4,11H2/b6-5-. The van der Waals surface area contributed by atoms with Crippen LogP contribution in [0.1, 0.15) is 17.5 Å². The van der Waals surface area contributed by atoms with Gasteiger partial charge in [-0.05, 0) is 46.9 Å². The van der Waals surface area contributed by atoms with Crippen molar-refractivity contribution in [2.24, 2.45) is 0 Å². The van der Waals surface area contributed by atoms with Gasteiger partial charge in [0.25, 0.3) is 0 Å². The highest BCUT2D eigenvalue weighted by Gasteiger charge is 2.04. The minimum atomic E-state index is 0.370. The van der Waals surface area contributed by atoms with Crippen molar-refractivity contribution in [2.45, 2.75) is 6.42 Å². The molecular formula is C19H16N2. The van der Waals surface area contributed by atoms with E-state index in [0.29, 0.717) is 17.6 Å². The fourth-order valence-electron chi connectivity index (χ4n) is 1.61. The van der Waals surface area contributed by atoms with Crippen LogP contribution in [0.5, 0.6) is 0 Å². The molecule has 0 bridgehead atoms. The van der Waals surface area contributed by atoms with Crippen LogP contribution in [0, 0.1) is 22.7 Å². The summed E-state index contributed by atoms with van der Waals surface area (Å²) in [7, 11) is 0. The molecule has 0 radical (unpaired) electrons. The van der Waals surface area contributed by atoms with Crippen LogP contribution in [0.15, 0.2) is 79.5 Å². The van der Waals surface area contributed by atoms with Crippen LogP contribution in [0.3, 0.4) is 0 Å². The van der Waals surface area contributed by atoms with E-state index in [2.05, 4.69) is 32.4 Å². The normalized spacial score (nSPS) is 9.62. The molecule has 2 heteroatoms. The predicted octanol–water partition coefficient (Wildman–Crippen LogP) is 4.71. The zero-order valence-corrected chi connectivity index (χ0v) is 11.9. The number of rotatable bonds is 6. The van der Waals surface area contributed by atoms with Crippen molar-refractivity contribution >= 4 is 5.57 Å². The molecule has 0 aliphatic rings. The van der Waals surface area contributed by atoms with Crippen LogP contribution in [0.25, 0.3) is 5.57 Å². The Labute approximate surface area is 126 Å². The summed E-state index contributed by atoms with van der Waals surface area (Å²) in [4.78, 5) is 0. The average molecular weight is 272 g/mol. The van der Waals surface area contributed by atoms with Gasteiger partial charge in [0.1, 0.15) is 0 Å². The predicted molar refractivity (Wildman–Crippen MR) is 87.0 cm³/mol. The van der Waals surface area contributed by atoms with Gasteiger partial charge in [-0.3, -0.25) is 0 Å². The third-order valence-corrected chi connectivity index (χ3v) is 2.93. The first-order chi connectivity index (χ1) is 9.97. The lowest BCUT2D eigenvalue weighted by Crippen LogP contribution is -1.89. The molecule has 2 nitrogen and oxygen atoms in total. The van der Waals surface area contributed by atoms with Crippen LogP contribution in [0.2, 0.25) is 0 Å². The third kappa shape index (κ3) is 4.82. The summed E-state index contributed by atoms with van der Waals surface area (Å²) in [5, 5.41) is 17.4. The highest BCUT2D eigenvalue weighted by molar-refractivity contribution is 5.67. The first kappa shape index (κ1) is 16.0. The molecule has 0 spiro atoms. The van der Waals surface area contributed by atoms with Crippen molar-refractivity contribution in [3.05, 3.63) is 90.6 Å².